The molecule has 0 aromatic carbocycles. The van der Waals surface area contributed by atoms with Gasteiger partial charge in [0.05, 0.1) is 0 Å². The zero-order valence-electron chi connectivity index (χ0n) is 10.7. The summed E-state index contributed by atoms with van der Waals surface area (Å²) in [6.45, 7) is 5.14. The van der Waals surface area contributed by atoms with Crippen LogP contribution in [-0.4, -0.2) is 28.0 Å². The van der Waals surface area contributed by atoms with Crippen molar-refractivity contribution in [2.24, 2.45) is 5.73 Å². The molecule has 2 unspecified atom stereocenters. The van der Waals surface area contributed by atoms with Gasteiger partial charge in [-0.05, 0) is 32.6 Å². The van der Waals surface area contributed by atoms with E-state index >= 15 is 0 Å². The third-order valence-electron chi connectivity index (χ3n) is 3.45. The molecular weight excluding hydrogens is 232 g/mol. The molecule has 2 N–H and O–H groups in total. The van der Waals surface area contributed by atoms with Gasteiger partial charge in [-0.1, -0.05) is 6.92 Å². The van der Waals surface area contributed by atoms with E-state index in [4.69, 9.17) is 5.73 Å². The Labute approximate surface area is 107 Å². The van der Waals surface area contributed by atoms with Crippen LogP contribution in [0.5, 0.6) is 0 Å². The molecule has 1 fully saturated rings. The summed E-state index contributed by atoms with van der Waals surface area (Å²) in [5, 5.41) is 1.07. The molecule has 1 aliphatic rings. The van der Waals surface area contributed by atoms with Gasteiger partial charge in [0.15, 0.2) is 0 Å². The lowest BCUT2D eigenvalue weighted by Gasteiger charge is -2.39. The first-order valence-corrected chi connectivity index (χ1v) is 7.34. The lowest BCUT2D eigenvalue weighted by Crippen LogP contribution is -2.49. The SMILES string of the molecule is CCCc1nsc(N2C(C)CCCC2CN)n1. The van der Waals surface area contributed by atoms with E-state index in [-0.39, 0.29) is 0 Å². The normalized spacial score (nSPS) is 25.2. The largest absolute Gasteiger partial charge is 0.340 e. The first-order valence-electron chi connectivity index (χ1n) is 6.57. The van der Waals surface area contributed by atoms with Crippen LogP contribution in [0.1, 0.15) is 45.4 Å². The van der Waals surface area contributed by atoms with Gasteiger partial charge in [-0.2, -0.15) is 4.37 Å². The molecule has 96 valence electrons. The fourth-order valence-corrected chi connectivity index (χ4v) is 3.43. The first-order chi connectivity index (χ1) is 8.26. The maximum Gasteiger partial charge on any atom is 0.205 e. The highest BCUT2D eigenvalue weighted by molar-refractivity contribution is 7.09. The van der Waals surface area contributed by atoms with E-state index in [1.165, 1.54) is 30.8 Å². The van der Waals surface area contributed by atoms with Crippen molar-refractivity contribution < 1.29 is 0 Å². The molecule has 0 spiro atoms. The van der Waals surface area contributed by atoms with Crippen molar-refractivity contribution >= 4 is 16.7 Å². The summed E-state index contributed by atoms with van der Waals surface area (Å²) in [5.41, 5.74) is 5.87. The second-order valence-electron chi connectivity index (χ2n) is 4.82. The monoisotopic (exact) mass is 254 g/mol. The van der Waals surface area contributed by atoms with Gasteiger partial charge >= 0.3 is 0 Å². The molecule has 1 aromatic heterocycles. The Hall–Kier alpha value is -0.680. The van der Waals surface area contributed by atoms with E-state index in [0.717, 1.165) is 23.8 Å². The Morgan fingerprint density at radius 1 is 1.47 bits per heavy atom. The Morgan fingerprint density at radius 2 is 2.29 bits per heavy atom. The summed E-state index contributed by atoms with van der Waals surface area (Å²) in [6.07, 6.45) is 5.78. The third-order valence-corrected chi connectivity index (χ3v) is 4.22. The van der Waals surface area contributed by atoms with Crippen LogP contribution in [0, 0.1) is 0 Å². The van der Waals surface area contributed by atoms with Crippen LogP contribution in [0.3, 0.4) is 0 Å². The maximum atomic E-state index is 5.87. The van der Waals surface area contributed by atoms with Crippen molar-refractivity contribution in [3.8, 4) is 0 Å². The number of piperidine rings is 1. The standard InChI is InChI=1S/C12H22N4S/c1-3-5-11-14-12(17-15-11)16-9(2)6-4-7-10(16)8-13/h9-10H,3-8,13H2,1-2H3. The van der Waals surface area contributed by atoms with Crippen LogP contribution < -0.4 is 10.6 Å². The Bertz CT molecular complexity index is 352. The van der Waals surface area contributed by atoms with Crippen LogP contribution >= 0.6 is 11.5 Å². The van der Waals surface area contributed by atoms with Crippen molar-refractivity contribution in [2.75, 3.05) is 11.4 Å². The predicted octanol–water partition coefficient (Wildman–Crippen LogP) is 2.20. The molecule has 0 amide bonds. The molecule has 2 heterocycles. The molecule has 4 nitrogen and oxygen atoms in total. The van der Waals surface area contributed by atoms with E-state index in [2.05, 4.69) is 28.1 Å². The number of aryl methyl sites for hydroxylation is 1. The molecule has 1 saturated heterocycles. The second kappa shape index (κ2) is 5.78. The van der Waals surface area contributed by atoms with Gasteiger partial charge in [0.25, 0.3) is 0 Å². The quantitative estimate of drug-likeness (QED) is 0.895. The van der Waals surface area contributed by atoms with Crippen molar-refractivity contribution in [2.45, 2.75) is 58.0 Å². The van der Waals surface area contributed by atoms with Crippen LogP contribution in [0.25, 0.3) is 0 Å². The van der Waals surface area contributed by atoms with Gasteiger partial charge in [-0.25, -0.2) is 4.98 Å². The zero-order chi connectivity index (χ0) is 12.3. The van der Waals surface area contributed by atoms with Crippen LogP contribution in [-0.2, 0) is 6.42 Å². The number of nitrogens with zero attached hydrogens (tertiary/aromatic N) is 3. The molecule has 0 radical (unpaired) electrons. The van der Waals surface area contributed by atoms with Crippen LogP contribution in [0.15, 0.2) is 0 Å². The second-order valence-corrected chi connectivity index (χ2v) is 5.55. The van der Waals surface area contributed by atoms with Gasteiger partial charge in [0.2, 0.25) is 5.13 Å². The minimum Gasteiger partial charge on any atom is -0.340 e. The van der Waals surface area contributed by atoms with Crippen LogP contribution in [0.2, 0.25) is 0 Å². The highest BCUT2D eigenvalue weighted by atomic mass is 32.1. The van der Waals surface area contributed by atoms with Gasteiger partial charge in [0.1, 0.15) is 5.82 Å². The Kier molecular flexibility index (Phi) is 4.34. The summed E-state index contributed by atoms with van der Waals surface area (Å²) in [5.74, 6) is 0.987. The number of anilines is 1. The molecule has 0 saturated carbocycles. The molecule has 0 bridgehead atoms. The van der Waals surface area contributed by atoms with E-state index < -0.39 is 0 Å². The first kappa shape index (κ1) is 12.8. The zero-order valence-corrected chi connectivity index (χ0v) is 11.5. The number of hydrogen-bond donors (Lipinski definition) is 1. The maximum absolute atomic E-state index is 5.87. The van der Waals surface area contributed by atoms with Gasteiger partial charge in [-0.15, -0.1) is 0 Å². The summed E-state index contributed by atoms with van der Waals surface area (Å²) in [7, 11) is 0. The van der Waals surface area contributed by atoms with Crippen LogP contribution in [0.4, 0.5) is 5.13 Å². The molecule has 2 atom stereocenters. The van der Waals surface area contributed by atoms with Gasteiger partial charge < -0.3 is 10.6 Å². The topological polar surface area (TPSA) is 55.0 Å². The lowest BCUT2D eigenvalue weighted by atomic mass is 9.97. The van der Waals surface area contributed by atoms with E-state index in [1.54, 1.807) is 0 Å². The molecule has 1 aliphatic heterocycles. The van der Waals surface area contributed by atoms with Crippen molar-refractivity contribution in [1.82, 2.24) is 9.36 Å². The summed E-state index contributed by atoms with van der Waals surface area (Å²) >= 11 is 1.53. The minimum absolute atomic E-state index is 0.446. The Morgan fingerprint density at radius 3 is 3.00 bits per heavy atom. The molecule has 5 heteroatoms. The fraction of sp³-hybridized carbons (Fsp3) is 0.833. The Balaban J connectivity index is 2.16. The smallest absolute Gasteiger partial charge is 0.205 e. The average molecular weight is 254 g/mol. The van der Waals surface area contributed by atoms with Crippen molar-refractivity contribution in [1.29, 1.82) is 0 Å². The third kappa shape index (κ3) is 2.77. The summed E-state index contributed by atoms with van der Waals surface area (Å²) in [4.78, 5) is 7.04. The van der Waals surface area contributed by atoms with Crippen molar-refractivity contribution in [3.05, 3.63) is 5.82 Å². The van der Waals surface area contributed by atoms with Crippen molar-refractivity contribution in [3.63, 3.8) is 0 Å². The highest BCUT2D eigenvalue weighted by Crippen LogP contribution is 2.30. The molecule has 1 aromatic rings. The number of nitrogens with two attached hydrogens (primary N) is 1. The summed E-state index contributed by atoms with van der Waals surface area (Å²) < 4.78 is 4.43. The van der Waals surface area contributed by atoms with Gasteiger partial charge in [-0.3, -0.25) is 0 Å². The minimum atomic E-state index is 0.446. The predicted molar refractivity (Wildman–Crippen MR) is 72.5 cm³/mol. The molecule has 2 rings (SSSR count). The molecular formula is C12H22N4S. The average Bonchev–Trinajstić information content (AvgIpc) is 2.77. The number of hydrogen-bond acceptors (Lipinski definition) is 5. The molecule has 17 heavy (non-hydrogen) atoms. The fourth-order valence-electron chi connectivity index (χ4n) is 2.54. The van der Waals surface area contributed by atoms with E-state index in [0.29, 0.717) is 18.6 Å². The van der Waals surface area contributed by atoms with E-state index in [1.807, 2.05) is 0 Å². The number of rotatable bonds is 4. The highest BCUT2D eigenvalue weighted by Gasteiger charge is 2.29. The van der Waals surface area contributed by atoms with Gasteiger partial charge in [0, 0.05) is 36.6 Å². The molecule has 0 aliphatic carbocycles. The lowest BCUT2D eigenvalue weighted by molar-refractivity contribution is 0.400. The number of aromatic nitrogens is 2. The summed E-state index contributed by atoms with van der Waals surface area (Å²) in [6, 6.07) is 0.987. The van der Waals surface area contributed by atoms with E-state index in [9.17, 15) is 0 Å².